The summed E-state index contributed by atoms with van der Waals surface area (Å²) in [6.07, 6.45) is -12.3. The number of carbonyl (C=O) groups is 7. The number of amides is 6. The lowest BCUT2D eigenvalue weighted by Gasteiger charge is -2.32. The van der Waals surface area contributed by atoms with Crippen LogP contribution in [0.4, 0.5) is 4.79 Å². The highest BCUT2D eigenvalue weighted by molar-refractivity contribution is 5.89. The average molecular weight is 955 g/mol. The summed E-state index contributed by atoms with van der Waals surface area (Å²) in [4.78, 5) is 91.4. The normalized spacial score (nSPS) is 17.3. The number of esters is 1. The molecule has 12 N–H and O–H groups in total. The number of hydrogen-bond acceptors (Lipinski definition) is 15. The highest BCUT2D eigenvalue weighted by atomic mass is 16.6. The second-order valence-corrected chi connectivity index (χ2v) is 19.5. The zero-order valence-electron chi connectivity index (χ0n) is 41.1. The zero-order chi connectivity index (χ0) is 51.7. The van der Waals surface area contributed by atoms with Gasteiger partial charge in [0.2, 0.25) is 0 Å². The SMILES string of the molecule is CC(C)C[C@H](NC(=O)[C@H](O)[C@H](C)NC(=O)[C@H](O)[C@@H](NC(=O)OC(C)(C)C)C(C)C)[C@@H](O)C(=O)N[C@@H](C(C)C)[C@@H](O)C(=O)N[C@@H](C)[C@@H](O)C(=O)N[C@@H](CC(C)C)[C@@H](O)C(=O)OCc1ccccc1. The number of carbonyl (C=O) groups excluding carboxylic acids is 7. The Morgan fingerprint density at radius 2 is 0.866 bits per heavy atom. The van der Waals surface area contributed by atoms with Gasteiger partial charge in [0.05, 0.1) is 36.3 Å². The minimum atomic E-state index is -2.00. The van der Waals surface area contributed by atoms with Gasteiger partial charge in [0.15, 0.2) is 36.6 Å². The van der Waals surface area contributed by atoms with Gasteiger partial charge < -0.3 is 72.0 Å². The number of nitrogens with one attached hydrogen (secondary N) is 6. The van der Waals surface area contributed by atoms with Crippen molar-refractivity contribution >= 4 is 41.6 Å². The van der Waals surface area contributed by atoms with E-state index in [9.17, 15) is 64.2 Å². The summed E-state index contributed by atoms with van der Waals surface area (Å²) < 4.78 is 10.4. The average Bonchev–Trinajstić information content (AvgIpc) is 3.23. The number of ether oxygens (including phenoxy) is 2. The van der Waals surface area contributed by atoms with E-state index >= 15 is 0 Å². The van der Waals surface area contributed by atoms with Gasteiger partial charge in [0.25, 0.3) is 29.5 Å². The molecule has 6 amide bonds. The van der Waals surface area contributed by atoms with E-state index in [1.54, 1.807) is 106 Å². The number of alkyl carbamates (subject to hydrolysis) is 1. The van der Waals surface area contributed by atoms with Crippen molar-refractivity contribution in [2.24, 2.45) is 23.7 Å². The lowest BCUT2D eigenvalue weighted by atomic mass is 9.94. The Hall–Kier alpha value is -4.93. The van der Waals surface area contributed by atoms with Gasteiger partial charge in [-0.05, 0) is 76.7 Å². The van der Waals surface area contributed by atoms with Gasteiger partial charge in [0, 0.05) is 0 Å². The van der Waals surface area contributed by atoms with Crippen molar-refractivity contribution in [2.45, 2.75) is 188 Å². The van der Waals surface area contributed by atoms with E-state index in [2.05, 4.69) is 31.9 Å². The van der Waals surface area contributed by atoms with E-state index in [0.29, 0.717) is 5.56 Å². The molecule has 21 nitrogen and oxygen atoms in total. The molecule has 382 valence electrons. The summed E-state index contributed by atoms with van der Waals surface area (Å²) in [6, 6.07) is 1.05. The van der Waals surface area contributed by atoms with Gasteiger partial charge in [0.1, 0.15) is 12.2 Å². The maximum absolute atomic E-state index is 13.5. The first-order valence-corrected chi connectivity index (χ1v) is 22.7. The van der Waals surface area contributed by atoms with Crippen molar-refractivity contribution in [3.8, 4) is 0 Å². The molecule has 1 aromatic carbocycles. The number of benzene rings is 1. The summed E-state index contributed by atoms with van der Waals surface area (Å²) >= 11 is 0. The second-order valence-electron chi connectivity index (χ2n) is 19.5. The molecule has 0 aliphatic rings. The monoisotopic (exact) mass is 955 g/mol. The highest BCUT2D eigenvalue weighted by Gasteiger charge is 2.39. The summed E-state index contributed by atoms with van der Waals surface area (Å²) in [5.74, 6) is -7.88. The van der Waals surface area contributed by atoms with Crippen LogP contribution in [0.2, 0.25) is 0 Å². The molecule has 0 bridgehead atoms. The molecule has 0 unspecified atom stereocenters. The van der Waals surface area contributed by atoms with Crippen molar-refractivity contribution in [1.82, 2.24) is 31.9 Å². The van der Waals surface area contributed by atoms with Gasteiger partial charge in [-0.2, -0.15) is 0 Å². The van der Waals surface area contributed by atoms with Gasteiger partial charge in [-0.15, -0.1) is 0 Å². The minimum Gasteiger partial charge on any atom is -0.459 e. The summed E-state index contributed by atoms with van der Waals surface area (Å²) in [5.41, 5.74) is -0.186. The largest absolute Gasteiger partial charge is 0.459 e. The smallest absolute Gasteiger partial charge is 0.407 e. The molecule has 0 aromatic heterocycles. The molecule has 0 heterocycles. The van der Waals surface area contributed by atoms with Crippen molar-refractivity contribution in [3.63, 3.8) is 0 Å². The van der Waals surface area contributed by atoms with Gasteiger partial charge >= 0.3 is 12.1 Å². The van der Waals surface area contributed by atoms with E-state index < -0.39 is 132 Å². The molecule has 0 saturated carbocycles. The lowest BCUT2D eigenvalue weighted by Crippen LogP contribution is -2.61. The molecule has 0 saturated heterocycles. The van der Waals surface area contributed by atoms with Crippen LogP contribution in [0.25, 0.3) is 0 Å². The molecule has 1 rings (SSSR count). The number of aliphatic hydroxyl groups excluding tert-OH is 6. The fraction of sp³-hybridized carbons (Fsp3) is 0.717. The first-order chi connectivity index (χ1) is 30.9. The fourth-order valence-electron chi connectivity index (χ4n) is 6.72. The molecule has 1 aromatic rings. The van der Waals surface area contributed by atoms with Crippen LogP contribution in [0.1, 0.15) is 108 Å². The van der Waals surface area contributed by atoms with E-state index in [-0.39, 0.29) is 31.3 Å². The molecule has 12 atom stereocenters. The molecule has 21 heteroatoms. The molecule has 67 heavy (non-hydrogen) atoms. The van der Waals surface area contributed by atoms with E-state index in [1.807, 2.05) is 0 Å². The molecule has 0 aliphatic carbocycles. The number of aliphatic hydroxyl groups is 6. The van der Waals surface area contributed by atoms with Crippen LogP contribution in [-0.2, 0) is 44.8 Å². The second kappa shape index (κ2) is 27.8. The van der Waals surface area contributed by atoms with Crippen molar-refractivity contribution in [3.05, 3.63) is 35.9 Å². The lowest BCUT2D eigenvalue weighted by molar-refractivity contribution is -0.157. The molecular formula is C46H78N6O15. The minimum absolute atomic E-state index is 0.00428. The standard InChI is InChI=1S/C46H78N6O15/c1-22(2)19-29(49-39(59)33(53)26(9)48-43(63)38(58)32(25(7)8)52-45(65)67-46(11,12)13)35(55)41(61)51-31(24(5)6)37(57)42(62)47-27(10)34(54)40(60)50-30(20-23(3)4)36(56)44(64)66-21-28-17-15-14-16-18-28/h14-18,22-27,29-38,53-58H,19-21H2,1-13H3,(H,47,62)(H,48,63)(H,49,59)(H,50,60)(H,51,61)(H,52,65)/t26-,27-,29-,30-,31-,32-,33+,34+,35+,36+,37+,38+/m0/s1. The Balaban J connectivity index is 3.02. The maximum Gasteiger partial charge on any atom is 0.407 e. The Morgan fingerprint density at radius 1 is 0.493 bits per heavy atom. The Morgan fingerprint density at radius 3 is 1.25 bits per heavy atom. The topological polar surface area (TPSA) is 332 Å². The third-order valence-electron chi connectivity index (χ3n) is 10.5. The fourth-order valence-corrected chi connectivity index (χ4v) is 6.72. The van der Waals surface area contributed by atoms with E-state index in [1.165, 1.54) is 13.8 Å². The molecular weight excluding hydrogens is 877 g/mol. The van der Waals surface area contributed by atoms with Crippen molar-refractivity contribution in [1.29, 1.82) is 0 Å². The molecule has 0 spiro atoms. The summed E-state index contributed by atoms with van der Waals surface area (Å²) in [7, 11) is 0. The van der Waals surface area contributed by atoms with Crippen molar-refractivity contribution < 1.29 is 73.7 Å². The van der Waals surface area contributed by atoms with Crippen LogP contribution >= 0.6 is 0 Å². The van der Waals surface area contributed by atoms with Gasteiger partial charge in [-0.3, -0.25) is 24.0 Å². The zero-order valence-corrected chi connectivity index (χ0v) is 41.1. The van der Waals surface area contributed by atoms with Crippen LogP contribution in [0.3, 0.4) is 0 Å². The quantitative estimate of drug-likeness (QED) is 0.0529. The number of hydrogen-bond donors (Lipinski definition) is 12. The Kier molecular flexibility index (Phi) is 24.9. The molecule has 0 radical (unpaired) electrons. The van der Waals surface area contributed by atoms with Crippen LogP contribution in [0.15, 0.2) is 30.3 Å². The van der Waals surface area contributed by atoms with Crippen molar-refractivity contribution in [2.75, 3.05) is 0 Å². The first kappa shape index (κ1) is 60.1. The third-order valence-corrected chi connectivity index (χ3v) is 10.5. The Labute approximate surface area is 393 Å². The van der Waals surface area contributed by atoms with Gasteiger partial charge in [-0.1, -0.05) is 85.7 Å². The maximum atomic E-state index is 13.5. The van der Waals surface area contributed by atoms with Crippen LogP contribution in [0, 0.1) is 23.7 Å². The first-order valence-electron chi connectivity index (χ1n) is 22.7. The number of rotatable bonds is 26. The molecule has 0 aliphatic heterocycles. The van der Waals surface area contributed by atoms with Crippen LogP contribution in [0.5, 0.6) is 0 Å². The third kappa shape index (κ3) is 20.9. The van der Waals surface area contributed by atoms with Gasteiger partial charge in [-0.25, -0.2) is 9.59 Å². The Bertz CT molecular complexity index is 1760. The predicted molar refractivity (Wildman–Crippen MR) is 245 cm³/mol. The summed E-state index contributed by atoms with van der Waals surface area (Å²) in [5, 5.41) is 80.1. The van der Waals surface area contributed by atoms with E-state index in [4.69, 9.17) is 9.47 Å². The van der Waals surface area contributed by atoms with Crippen LogP contribution in [-0.4, -0.2) is 151 Å². The highest BCUT2D eigenvalue weighted by Crippen LogP contribution is 2.16. The predicted octanol–water partition coefficient (Wildman–Crippen LogP) is -0.343. The van der Waals surface area contributed by atoms with E-state index in [0.717, 1.165) is 0 Å². The van der Waals surface area contributed by atoms with Crippen LogP contribution < -0.4 is 31.9 Å². The summed E-state index contributed by atoms with van der Waals surface area (Å²) in [6.45, 7) is 20.8. The molecule has 0 fully saturated rings.